The molecule has 7 heteroatoms. The summed E-state index contributed by atoms with van der Waals surface area (Å²) in [6.45, 7) is 4.91. The SMILES string of the molecule is c1ccc(-c2nnc3sc(CCCN4CCOCC4)nn23)cc1. The van der Waals surface area contributed by atoms with Crippen molar-refractivity contribution in [1.82, 2.24) is 24.7 Å². The average Bonchev–Trinajstić information content (AvgIpc) is 3.17. The van der Waals surface area contributed by atoms with Crippen molar-refractivity contribution in [2.45, 2.75) is 12.8 Å². The zero-order valence-corrected chi connectivity index (χ0v) is 13.7. The molecule has 0 aliphatic carbocycles. The maximum atomic E-state index is 5.38. The Labute approximate surface area is 138 Å². The van der Waals surface area contributed by atoms with Gasteiger partial charge < -0.3 is 4.74 Å². The first-order chi connectivity index (χ1) is 11.4. The quantitative estimate of drug-likeness (QED) is 0.718. The first-order valence-electron chi connectivity index (χ1n) is 7.97. The van der Waals surface area contributed by atoms with Gasteiger partial charge in [0.05, 0.1) is 13.2 Å². The van der Waals surface area contributed by atoms with Gasteiger partial charge in [0.2, 0.25) is 4.96 Å². The Hall–Kier alpha value is -1.83. The van der Waals surface area contributed by atoms with Gasteiger partial charge in [-0.15, -0.1) is 10.2 Å². The fourth-order valence-corrected chi connectivity index (χ4v) is 3.68. The molecule has 2 aromatic heterocycles. The molecule has 0 unspecified atom stereocenters. The van der Waals surface area contributed by atoms with Gasteiger partial charge in [-0.3, -0.25) is 4.90 Å². The Morgan fingerprint density at radius 2 is 1.91 bits per heavy atom. The van der Waals surface area contributed by atoms with E-state index >= 15 is 0 Å². The highest BCUT2D eigenvalue weighted by Gasteiger charge is 2.14. The maximum absolute atomic E-state index is 5.38. The van der Waals surface area contributed by atoms with Crippen molar-refractivity contribution >= 4 is 16.3 Å². The van der Waals surface area contributed by atoms with Gasteiger partial charge in [-0.2, -0.15) is 9.61 Å². The summed E-state index contributed by atoms with van der Waals surface area (Å²) in [4.78, 5) is 3.32. The lowest BCUT2D eigenvalue weighted by Gasteiger charge is -2.26. The van der Waals surface area contributed by atoms with Crippen LogP contribution in [0.2, 0.25) is 0 Å². The van der Waals surface area contributed by atoms with E-state index in [1.807, 2.05) is 34.8 Å². The van der Waals surface area contributed by atoms with Crippen molar-refractivity contribution in [3.8, 4) is 11.4 Å². The Kier molecular flexibility index (Phi) is 4.32. The molecule has 0 radical (unpaired) electrons. The monoisotopic (exact) mass is 329 g/mol. The molecule has 0 saturated carbocycles. The second-order valence-corrected chi connectivity index (χ2v) is 6.68. The molecule has 3 aromatic rings. The van der Waals surface area contributed by atoms with E-state index in [-0.39, 0.29) is 0 Å². The van der Waals surface area contributed by atoms with Gasteiger partial charge in [0.25, 0.3) is 0 Å². The summed E-state index contributed by atoms with van der Waals surface area (Å²) in [5, 5.41) is 14.3. The van der Waals surface area contributed by atoms with Crippen LogP contribution in [0.4, 0.5) is 0 Å². The third kappa shape index (κ3) is 3.26. The highest BCUT2D eigenvalue weighted by molar-refractivity contribution is 7.16. The molecular formula is C16H19N5OS. The van der Waals surface area contributed by atoms with Crippen LogP contribution < -0.4 is 0 Å². The van der Waals surface area contributed by atoms with Gasteiger partial charge in [0.1, 0.15) is 5.01 Å². The number of aromatic nitrogens is 4. The van der Waals surface area contributed by atoms with Gasteiger partial charge in [0.15, 0.2) is 5.82 Å². The number of rotatable bonds is 5. The Morgan fingerprint density at radius 1 is 1.09 bits per heavy atom. The molecule has 6 nitrogen and oxygen atoms in total. The predicted molar refractivity (Wildman–Crippen MR) is 89.7 cm³/mol. The molecular weight excluding hydrogens is 310 g/mol. The zero-order chi connectivity index (χ0) is 15.5. The first-order valence-corrected chi connectivity index (χ1v) is 8.78. The van der Waals surface area contributed by atoms with Gasteiger partial charge in [-0.1, -0.05) is 41.7 Å². The first kappa shape index (κ1) is 14.7. The molecule has 120 valence electrons. The van der Waals surface area contributed by atoms with E-state index in [1.165, 1.54) is 0 Å². The summed E-state index contributed by atoms with van der Waals surface area (Å²) in [6, 6.07) is 10.1. The number of nitrogens with zero attached hydrogens (tertiary/aromatic N) is 5. The number of ether oxygens (including phenoxy) is 1. The van der Waals surface area contributed by atoms with Gasteiger partial charge in [-0.25, -0.2) is 0 Å². The lowest BCUT2D eigenvalue weighted by Crippen LogP contribution is -2.36. The maximum Gasteiger partial charge on any atom is 0.234 e. The minimum atomic E-state index is 0.816. The third-order valence-corrected chi connectivity index (χ3v) is 4.99. The second kappa shape index (κ2) is 6.74. The molecule has 1 aliphatic heterocycles. The largest absolute Gasteiger partial charge is 0.379 e. The molecule has 1 aromatic carbocycles. The fraction of sp³-hybridized carbons (Fsp3) is 0.438. The van der Waals surface area contributed by atoms with Crippen LogP contribution >= 0.6 is 11.3 Å². The Morgan fingerprint density at radius 3 is 2.74 bits per heavy atom. The van der Waals surface area contributed by atoms with Gasteiger partial charge in [-0.05, 0) is 13.0 Å². The van der Waals surface area contributed by atoms with Crippen molar-refractivity contribution < 1.29 is 4.74 Å². The van der Waals surface area contributed by atoms with Crippen LogP contribution in [-0.2, 0) is 11.2 Å². The van der Waals surface area contributed by atoms with E-state index in [1.54, 1.807) is 11.3 Å². The number of morpholine rings is 1. The minimum Gasteiger partial charge on any atom is -0.379 e. The highest BCUT2D eigenvalue weighted by atomic mass is 32.1. The molecule has 1 fully saturated rings. The molecule has 0 bridgehead atoms. The van der Waals surface area contributed by atoms with Crippen LogP contribution in [0.1, 0.15) is 11.4 Å². The van der Waals surface area contributed by atoms with Crippen LogP contribution in [0.3, 0.4) is 0 Å². The summed E-state index contributed by atoms with van der Waals surface area (Å²) in [6.07, 6.45) is 2.10. The van der Waals surface area contributed by atoms with E-state index in [0.717, 1.165) is 67.0 Å². The van der Waals surface area contributed by atoms with Gasteiger partial charge in [0, 0.05) is 25.1 Å². The van der Waals surface area contributed by atoms with E-state index in [0.29, 0.717) is 0 Å². The molecule has 0 atom stereocenters. The Bertz CT molecular complexity index is 763. The van der Waals surface area contributed by atoms with Crippen molar-refractivity contribution in [3.63, 3.8) is 0 Å². The van der Waals surface area contributed by atoms with Crippen molar-refractivity contribution in [3.05, 3.63) is 35.3 Å². The highest BCUT2D eigenvalue weighted by Crippen LogP contribution is 2.22. The van der Waals surface area contributed by atoms with E-state index < -0.39 is 0 Å². The summed E-state index contributed by atoms with van der Waals surface area (Å²) < 4.78 is 7.24. The molecule has 1 aliphatic rings. The molecule has 23 heavy (non-hydrogen) atoms. The molecule has 1 saturated heterocycles. The summed E-state index contributed by atoms with van der Waals surface area (Å²) in [5.41, 5.74) is 1.05. The van der Waals surface area contributed by atoms with Crippen LogP contribution in [0, 0.1) is 0 Å². The predicted octanol–water partition coefficient (Wildman–Crippen LogP) is 2.12. The summed E-state index contributed by atoms with van der Waals surface area (Å²) in [5.74, 6) is 0.816. The van der Waals surface area contributed by atoms with Crippen LogP contribution in [-0.4, -0.2) is 57.6 Å². The normalized spacial score (nSPS) is 16.2. The van der Waals surface area contributed by atoms with Crippen molar-refractivity contribution in [1.29, 1.82) is 0 Å². The molecule has 3 heterocycles. The van der Waals surface area contributed by atoms with Crippen LogP contribution in [0.15, 0.2) is 30.3 Å². The van der Waals surface area contributed by atoms with E-state index in [4.69, 9.17) is 9.84 Å². The summed E-state index contributed by atoms with van der Waals surface area (Å²) in [7, 11) is 0. The molecule has 4 rings (SSSR count). The van der Waals surface area contributed by atoms with Gasteiger partial charge >= 0.3 is 0 Å². The topological polar surface area (TPSA) is 55.5 Å². The number of hydrogen-bond donors (Lipinski definition) is 0. The van der Waals surface area contributed by atoms with Crippen LogP contribution in [0.5, 0.6) is 0 Å². The molecule has 0 N–H and O–H groups in total. The Balaban J connectivity index is 1.44. The minimum absolute atomic E-state index is 0.816. The average molecular weight is 329 g/mol. The standard InChI is InChI=1S/C16H19N5OS/c1-2-5-13(6-3-1)15-17-18-16-21(15)19-14(23-16)7-4-8-20-9-11-22-12-10-20/h1-3,5-6H,4,7-12H2. The zero-order valence-electron chi connectivity index (χ0n) is 12.9. The third-order valence-electron chi connectivity index (χ3n) is 4.03. The smallest absolute Gasteiger partial charge is 0.234 e. The summed E-state index contributed by atoms with van der Waals surface area (Å²) >= 11 is 1.63. The number of benzene rings is 1. The lowest BCUT2D eigenvalue weighted by molar-refractivity contribution is 0.0374. The van der Waals surface area contributed by atoms with Crippen molar-refractivity contribution in [2.24, 2.45) is 0 Å². The number of aryl methyl sites for hydroxylation is 1. The van der Waals surface area contributed by atoms with E-state index in [2.05, 4.69) is 15.1 Å². The van der Waals surface area contributed by atoms with E-state index in [9.17, 15) is 0 Å². The lowest BCUT2D eigenvalue weighted by atomic mass is 10.2. The fourth-order valence-electron chi connectivity index (χ4n) is 2.80. The van der Waals surface area contributed by atoms with Crippen molar-refractivity contribution in [2.75, 3.05) is 32.8 Å². The molecule has 0 amide bonds. The second-order valence-electron chi connectivity index (χ2n) is 5.64. The molecule has 0 spiro atoms. The van der Waals surface area contributed by atoms with Crippen LogP contribution in [0.25, 0.3) is 16.3 Å². The number of hydrogen-bond acceptors (Lipinski definition) is 6. The number of fused-ring (bicyclic) bond motifs is 1.